The minimum Gasteiger partial charge on any atom is -0.482 e. The third-order valence-corrected chi connectivity index (χ3v) is 3.27. The molecule has 4 nitrogen and oxygen atoms in total. The molecule has 1 heterocycles. The second kappa shape index (κ2) is 6.00. The maximum absolute atomic E-state index is 13.5. The van der Waals surface area contributed by atoms with Crippen LogP contribution in [0, 0.1) is 11.6 Å². The third-order valence-electron chi connectivity index (χ3n) is 3.27. The molecule has 0 aliphatic carbocycles. The van der Waals surface area contributed by atoms with Crippen molar-refractivity contribution in [3.63, 3.8) is 0 Å². The number of allylic oxidation sites excluding steroid dienone is 1. The molecular formula is C17H11F2NO3. The monoisotopic (exact) mass is 315 g/mol. The SMILES string of the molecule is O=C1COc2ccc(C(=O)/C=C/c3ccc(F)cc3F)cc2N1. The van der Waals surface area contributed by atoms with Crippen LogP contribution in [-0.2, 0) is 4.79 Å². The molecule has 0 bridgehead atoms. The molecule has 2 aromatic rings. The second-order valence-corrected chi connectivity index (χ2v) is 4.91. The number of amides is 1. The Morgan fingerprint density at radius 3 is 2.78 bits per heavy atom. The van der Waals surface area contributed by atoms with Gasteiger partial charge in [-0.1, -0.05) is 0 Å². The third kappa shape index (κ3) is 3.26. The Labute approximate surface area is 130 Å². The van der Waals surface area contributed by atoms with Crippen LogP contribution in [0.15, 0.2) is 42.5 Å². The molecule has 0 saturated carbocycles. The van der Waals surface area contributed by atoms with Crippen molar-refractivity contribution in [2.45, 2.75) is 0 Å². The van der Waals surface area contributed by atoms with Crippen molar-refractivity contribution in [3.8, 4) is 5.75 Å². The lowest BCUT2D eigenvalue weighted by Crippen LogP contribution is -2.25. The van der Waals surface area contributed by atoms with Crippen molar-refractivity contribution in [2.24, 2.45) is 0 Å². The Morgan fingerprint density at radius 1 is 1.17 bits per heavy atom. The summed E-state index contributed by atoms with van der Waals surface area (Å²) in [5.41, 5.74) is 0.830. The largest absolute Gasteiger partial charge is 0.482 e. The molecule has 116 valence electrons. The molecule has 0 spiro atoms. The number of halogens is 2. The lowest BCUT2D eigenvalue weighted by Gasteiger charge is -2.17. The van der Waals surface area contributed by atoms with Gasteiger partial charge in [0.1, 0.15) is 17.4 Å². The van der Waals surface area contributed by atoms with Gasteiger partial charge in [0.25, 0.3) is 5.91 Å². The molecule has 6 heteroatoms. The van der Waals surface area contributed by atoms with Gasteiger partial charge >= 0.3 is 0 Å². The smallest absolute Gasteiger partial charge is 0.262 e. The van der Waals surface area contributed by atoms with Gasteiger partial charge in [0.15, 0.2) is 12.4 Å². The maximum atomic E-state index is 13.5. The lowest BCUT2D eigenvalue weighted by molar-refractivity contribution is -0.118. The van der Waals surface area contributed by atoms with E-state index in [4.69, 9.17) is 4.74 Å². The van der Waals surface area contributed by atoms with Gasteiger partial charge in [-0.3, -0.25) is 9.59 Å². The molecule has 1 aliphatic rings. The highest BCUT2D eigenvalue weighted by molar-refractivity contribution is 6.08. The summed E-state index contributed by atoms with van der Waals surface area (Å²) >= 11 is 0. The zero-order chi connectivity index (χ0) is 16.4. The maximum Gasteiger partial charge on any atom is 0.262 e. The van der Waals surface area contributed by atoms with Crippen LogP contribution >= 0.6 is 0 Å². The van der Waals surface area contributed by atoms with Gasteiger partial charge in [0.05, 0.1) is 5.69 Å². The Hall–Kier alpha value is -3.02. The van der Waals surface area contributed by atoms with E-state index in [0.29, 0.717) is 17.0 Å². The van der Waals surface area contributed by atoms with E-state index in [-0.39, 0.29) is 23.9 Å². The molecule has 0 radical (unpaired) electrons. The summed E-state index contributed by atoms with van der Waals surface area (Å²) in [6.45, 7) is -0.0654. The number of carbonyl (C=O) groups excluding carboxylic acids is 2. The highest BCUT2D eigenvalue weighted by Gasteiger charge is 2.17. The van der Waals surface area contributed by atoms with Crippen molar-refractivity contribution in [3.05, 3.63) is 65.2 Å². The zero-order valence-corrected chi connectivity index (χ0v) is 11.8. The van der Waals surface area contributed by atoms with E-state index in [1.54, 1.807) is 12.1 Å². The van der Waals surface area contributed by atoms with E-state index in [0.717, 1.165) is 12.1 Å². The molecular weight excluding hydrogens is 304 g/mol. The van der Waals surface area contributed by atoms with Crippen molar-refractivity contribution in [1.29, 1.82) is 0 Å². The van der Waals surface area contributed by atoms with E-state index in [1.807, 2.05) is 0 Å². The Balaban J connectivity index is 1.82. The summed E-state index contributed by atoms with van der Waals surface area (Å²) in [6, 6.07) is 7.71. The predicted octanol–water partition coefficient (Wildman–Crippen LogP) is 3.19. The number of fused-ring (bicyclic) bond motifs is 1. The summed E-state index contributed by atoms with van der Waals surface area (Å²) in [5.74, 6) is -1.63. The van der Waals surface area contributed by atoms with Crippen LogP contribution in [0.25, 0.3) is 6.08 Å². The van der Waals surface area contributed by atoms with E-state index in [2.05, 4.69) is 5.32 Å². The van der Waals surface area contributed by atoms with E-state index in [9.17, 15) is 18.4 Å². The average molecular weight is 315 g/mol. The molecule has 1 N–H and O–H groups in total. The van der Waals surface area contributed by atoms with Crippen LogP contribution in [-0.4, -0.2) is 18.3 Å². The molecule has 3 rings (SSSR count). The Kier molecular flexibility index (Phi) is 3.89. The van der Waals surface area contributed by atoms with Crippen LogP contribution in [0.5, 0.6) is 5.75 Å². The first kappa shape index (κ1) is 14.9. The Bertz CT molecular complexity index is 831. The van der Waals surface area contributed by atoms with Gasteiger partial charge in [0.2, 0.25) is 0 Å². The minimum absolute atomic E-state index is 0.0654. The van der Waals surface area contributed by atoms with Gasteiger partial charge in [-0.15, -0.1) is 0 Å². The number of hydrogen-bond donors (Lipinski definition) is 1. The van der Waals surface area contributed by atoms with Gasteiger partial charge in [-0.2, -0.15) is 0 Å². The van der Waals surface area contributed by atoms with Crippen molar-refractivity contribution >= 4 is 23.5 Å². The van der Waals surface area contributed by atoms with Crippen LogP contribution in [0.2, 0.25) is 0 Å². The number of carbonyl (C=O) groups is 2. The summed E-state index contributed by atoms with van der Waals surface area (Å²) in [5, 5.41) is 2.60. The van der Waals surface area contributed by atoms with Crippen LogP contribution in [0.4, 0.5) is 14.5 Å². The summed E-state index contributed by atoms with van der Waals surface area (Å²) in [6.07, 6.45) is 2.45. The number of ether oxygens (including phenoxy) is 1. The zero-order valence-electron chi connectivity index (χ0n) is 11.8. The van der Waals surface area contributed by atoms with Crippen LogP contribution in [0.3, 0.4) is 0 Å². The van der Waals surface area contributed by atoms with Crippen molar-refractivity contribution in [1.82, 2.24) is 0 Å². The number of anilines is 1. The van der Waals surface area contributed by atoms with Gasteiger partial charge < -0.3 is 10.1 Å². The molecule has 23 heavy (non-hydrogen) atoms. The Morgan fingerprint density at radius 2 is 2.00 bits per heavy atom. The van der Waals surface area contributed by atoms with E-state index in [1.165, 1.54) is 24.3 Å². The molecule has 0 atom stereocenters. The molecule has 1 aliphatic heterocycles. The van der Waals surface area contributed by atoms with E-state index >= 15 is 0 Å². The fourth-order valence-electron chi connectivity index (χ4n) is 2.13. The number of benzene rings is 2. The van der Waals surface area contributed by atoms with Gasteiger partial charge in [0, 0.05) is 17.2 Å². The standard InChI is InChI=1S/C17H11F2NO3/c18-12-4-1-10(13(19)8-12)2-5-15(21)11-3-6-16-14(7-11)20-17(22)9-23-16/h1-8H,9H2,(H,20,22)/b5-2+. The summed E-state index contributed by atoms with van der Waals surface area (Å²) in [7, 11) is 0. The quantitative estimate of drug-likeness (QED) is 0.699. The first-order valence-electron chi connectivity index (χ1n) is 6.77. The lowest BCUT2D eigenvalue weighted by atomic mass is 10.1. The normalized spacial score (nSPS) is 13.4. The number of nitrogens with one attached hydrogen (secondary N) is 1. The summed E-state index contributed by atoms with van der Waals surface area (Å²) in [4.78, 5) is 23.4. The predicted molar refractivity (Wildman–Crippen MR) is 80.3 cm³/mol. The highest BCUT2D eigenvalue weighted by Crippen LogP contribution is 2.28. The molecule has 0 fully saturated rings. The molecule has 1 amide bonds. The minimum atomic E-state index is -0.750. The molecule has 2 aromatic carbocycles. The fourth-order valence-corrected chi connectivity index (χ4v) is 2.13. The molecule has 0 saturated heterocycles. The number of ketones is 1. The molecule has 0 aromatic heterocycles. The van der Waals surface area contributed by atoms with Gasteiger partial charge in [-0.05, 0) is 42.5 Å². The topological polar surface area (TPSA) is 55.4 Å². The number of hydrogen-bond acceptors (Lipinski definition) is 3. The average Bonchev–Trinajstić information content (AvgIpc) is 2.53. The second-order valence-electron chi connectivity index (χ2n) is 4.91. The van der Waals surface area contributed by atoms with Crippen LogP contribution in [0.1, 0.15) is 15.9 Å². The number of rotatable bonds is 3. The first-order valence-corrected chi connectivity index (χ1v) is 6.77. The van der Waals surface area contributed by atoms with Crippen LogP contribution < -0.4 is 10.1 Å². The van der Waals surface area contributed by atoms with E-state index < -0.39 is 11.6 Å². The highest BCUT2D eigenvalue weighted by atomic mass is 19.1. The van der Waals surface area contributed by atoms with Crippen molar-refractivity contribution < 1.29 is 23.1 Å². The fraction of sp³-hybridized carbons (Fsp3) is 0.0588. The molecule has 0 unspecified atom stereocenters. The summed E-state index contributed by atoms with van der Waals surface area (Å²) < 4.78 is 31.5. The van der Waals surface area contributed by atoms with Crippen molar-refractivity contribution in [2.75, 3.05) is 11.9 Å². The van der Waals surface area contributed by atoms with Gasteiger partial charge in [-0.25, -0.2) is 8.78 Å². The first-order chi connectivity index (χ1) is 11.0.